The fourth-order valence-electron chi connectivity index (χ4n) is 1.22. The summed E-state index contributed by atoms with van der Waals surface area (Å²) in [4.78, 5) is 10.9. The Morgan fingerprint density at radius 2 is 1.94 bits per heavy atom. The van der Waals surface area contributed by atoms with E-state index < -0.39 is 5.97 Å². The number of carbonyl (C=O) groups is 1. The zero-order valence-electron chi connectivity index (χ0n) is 9.40. The molecule has 0 heterocycles. The monoisotopic (exact) mass is 217 g/mol. The molecule has 16 heavy (non-hydrogen) atoms. The van der Waals surface area contributed by atoms with Gasteiger partial charge in [0.25, 0.3) is 0 Å². The number of carboxylic acid groups (broad SMARTS) is 1. The van der Waals surface area contributed by atoms with Crippen molar-refractivity contribution in [3.05, 3.63) is 53.8 Å². The summed E-state index contributed by atoms with van der Waals surface area (Å²) in [7, 11) is 0. The average Bonchev–Trinajstić information content (AvgIpc) is 2.29. The van der Waals surface area contributed by atoms with Gasteiger partial charge in [-0.05, 0) is 32.1 Å². The molecule has 1 rings (SSSR count). The third-order valence-electron chi connectivity index (χ3n) is 2.11. The van der Waals surface area contributed by atoms with Crippen molar-refractivity contribution in [3.63, 3.8) is 0 Å². The Morgan fingerprint density at radius 3 is 2.44 bits per heavy atom. The minimum absolute atomic E-state index is 0.293. The first-order valence-electron chi connectivity index (χ1n) is 5.04. The summed E-state index contributed by atoms with van der Waals surface area (Å²) < 4.78 is 0. The van der Waals surface area contributed by atoms with Crippen molar-refractivity contribution >= 4 is 11.7 Å². The van der Waals surface area contributed by atoms with Gasteiger partial charge in [-0.1, -0.05) is 24.3 Å². The summed E-state index contributed by atoms with van der Waals surface area (Å²) in [5, 5.41) is 12.0. The molecule has 2 N–H and O–H groups in total. The Labute approximate surface area is 95.1 Å². The maximum absolute atomic E-state index is 10.9. The lowest BCUT2D eigenvalue weighted by molar-refractivity contribution is -0.132. The van der Waals surface area contributed by atoms with Crippen molar-refractivity contribution in [1.29, 1.82) is 0 Å². The molecule has 1 aromatic rings. The van der Waals surface area contributed by atoms with Crippen LogP contribution in [-0.2, 0) is 4.79 Å². The molecule has 0 saturated carbocycles. The molecule has 3 heteroatoms. The van der Waals surface area contributed by atoms with Crippen molar-refractivity contribution in [2.75, 3.05) is 5.32 Å². The molecular weight excluding hydrogens is 202 g/mol. The molecule has 0 spiro atoms. The minimum Gasteiger partial charge on any atom is -0.478 e. The number of benzene rings is 1. The van der Waals surface area contributed by atoms with Gasteiger partial charge in [-0.25, -0.2) is 4.79 Å². The highest BCUT2D eigenvalue weighted by Crippen LogP contribution is 2.13. The van der Waals surface area contributed by atoms with Crippen molar-refractivity contribution in [3.8, 4) is 0 Å². The van der Waals surface area contributed by atoms with Crippen LogP contribution in [0.25, 0.3) is 0 Å². The Balaban J connectivity index is 2.98. The van der Waals surface area contributed by atoms with E-state index in [2.05, 4.69) is 5.32 Å². The van der Waals surface area contributed by atoms with Gasteiger partial charge < -0.3 is 10.4 Å². The van der Waals surface area contributed by atoms with E-state index >= 15 is 0 Å². The average molecular weight is 217 g/mol. The van der Waals surface area contributed by atoms with Crippen molar-refractivity contribution in [2.45, 2.75) is 13.8 Å². The molecular formula is C13H15NO2. The molecule has 0 aliphatic carbocycles. The topological polar surface area (TPSA) is 49.3 Å². The number of carboxylic acids is 1. The smallest absolute Gasteiger partial charge is 0.333 e. The largest absolute Gasteiger partial charge is 0.478 e. The first-order chi connectivity index (χ1) is 7.65. The van der Waals surface area contributed by atoms with Gasteiger partial charge >= 0.3 is 5.97 Å². The maximum Gasteiger partial charge on any atom is 0.333 e. The highest BCUT2D eigenvalue weighted by molar-refractivity contribution is 5.88. The Hall–Kier alpha value is -2.03. The quantitative estimate of drug-likeness (QED) is 0.602. The van der Waals surface area contributed by atoms with Gasteiger partial charge in [-0.2, -0.15) is 0 Å². The molecule has 0 fully saturated rings. The lowest BCUT2D eigenvalue weighted by atomic mass is 10.2. The first-order valence-corrected chi connectivity index (χ1v) is 5.04. The molecule has 0 saturated heterocycles. The van der Waals surface area contributed by atoms with Crippen LogP contribution >= 0.6 is 0 Å². The van der Waals surface area contributed by atoms with E-state index in [1.807, 2.05) is 37.3 Å². The highest BCUT2D eigenvalue weighted by atomic mass is 16.4. The van der Waals surface area contributed by atoms with Gasteiger partial charge in [0.1, 0.15) is 0 Å². The van der Waals surface area contributed by atoms with Gasteiger partial charge in [0.2, 0.25) is 0 Å². The molecule has 0 unspecified atom stereocenters. The predicted molar refractivity (Wildman–Crippen MR) is 65.2 cm³/mol. The van der Waals surface area contributed by atoms with E-state index in [0.717, 1.165) is 5.69 Å². The van der Waals surface area contributed by atoms with Crippen LogP contribution in [0.15, 0.2) is 53.8 Å². The second kappa shape index (κ2) is 5.75. The first kappa shape index (κ1) is 12.0. The Bertz CT molecular complexity index is 419. The van der Waals surface area contributed by atoms with Crippen LogP contribution in [0.3, 0.4) is 0 Å². The third kappa shape index (κ3) is 3.28. The van der Waals surface area contributed by atoms with Gasteiger partial charge in [0.05, 0.1) is 5.57 Å². The molecule has 1 aromatic carbocycles. The Morgan fingerprint density at radius 1 is 1.31 bits per heavy atom. The molecule has 84 valence electrons. The summed E-state index contributed by atoms with van der Waals surface area (Å²) in [5.74, 6) is -0.920. The molecule has 0 radical (unpaired) electrons. The number of nitrogens with one attached hydrogen (secondary N) is 1. The van der Waals surface area contributed by atoms with Crippen LogP contribution in [0.4, 0.5) is 5.69 Å². The number of para-hydroxylation sites is 1. The van der Waals surface area contributed by atoms with Gasteiger partial charge in [-0.3, -0.25) is 0 Å². The second-order valence-electron chi connectivity index (χ2n) is 3.33. The molecule has 3 nitrogen and oxygen atoms in total. The van der Waals surface area contributed by atoms with Gasteiger partial charge in [0.15, 0.2) is 0 Å². The molecule has 0 aliphatic rings. The summed E-state index contributed by atoms with van der Waals surface area (Å²) in [6.07, 6.45) is 3.55. The van der Waals surface area contributed by atoms with E-state index in [1.54, 1.807) is 19.1 Å². The van der Waals surface area contributed by atoms with Crippen LogP contribution in [0.1, 0.15) is 13.8 Å². The summed E-state index contributed by atoms with van der Waals surface area (Å²) in [5.41, 5.74) is 1.76. The second-order valence-corrected chi connectivity index (χ2v) is 3.33. The fourth-order valence-corrected chi connectivity index (χ4v) is 1.22. The number of anilines is 1. The van der Waals surface area contributed by atoms with Crippen molar-refractivity contribution in [1.82, 2.24) is 0 Å². The zero-order valence-corrected chi connectivity index (χ0v) is 9.40. The van der Waals surface area contributed by atoms with E-state index in [9.17, 15) is 4.79 Å². The number of allylic oxidation sites excluding steroid dienone is 2. The number of hydrogen-bond donors (Lipinski definition) is 2. The lowest BCUT2D eigenvalue weighted by Crippen LogP contribution is -2.06. The Kier molecular flexibility index (Phi) is 4.33. The minimum atomic E-state index is -0.920. The molecule has 0 aliphatic heterocycles. The lowest BCUT2D eigenvalue weighted by Gasteiger charge is -2.09. The number of aliphatic carboxylic acids is 1. The molecule has 0 bridgehead atoms. The summed E-state index contributed by atoms with van der Waals surface area (Å²) in [6, 6.07) is 9.48. The van der Waals surface area contributed by atoms with Crippen LogP contribution in [0.2, 0.25) is 0 Å². The van der Waals surface area contributed by atoms with Gasteiger partial charge in [0, 0.05) is 11.4 Å². The number of hydrogen-bond acceptors (Lipinski definition) is 2. The maximum atomic E-state index is 10.9. The van der Waals surface area contributed by atoms with Crippen LogP contribution < -0.4 is 5.32 Å². The van der Waals surface area contributed by atoms with E-state index in [0.29, 0.717) is 11.3 Å². The third-order valence-corrected chi connectivity index (χ3v) is 2.11. The number of rotatable bonds is 4. The summed E-state index contributed by atoms with van der Waals surface area (Å²) >= 11 is 0. The van der Waals surface area contributed by atoms with Crippen molar-refractivity contribution in [2.24, 2.45) is 0 Å². The van der Waals surface area contributed by atoms with Crippen LogP contribution in [0, 0.1) is 0 Å². The van der Waals surface area contributed by atoms with E-state index in [4.69, 9.17) is 5.11 Å². The van der Waals surface area contributed by atoms with E-state index in [-0.39, 0.29) is 0 Å². The van der Waals surface area contributed by atoms with Crippen LogP contribution in [-0.4, -0.2) is 11.1 Å². The molecule has 0 atom stereocenters. The van der Waals surface area contributed by atoms with E-state index in [1.165, 1.54) is 0 Å². The molecule has 0 amide bonds. The standard InChI is InChI=1S/C13H15NO2/c1-3-7-12(10(2)13(15)16)14-11-8-5-4-6-9-11/h3-9,14H,1-2H3,(H,15,16)/b7-3-,12-10-. The fraction of sp³-hybridized carbons (Fsp3) is 0.154. The normalized spacial score (nSPS) is 12.4. The predicted octanol–water partition coefficient (Wildman–Crippen LogP) is 3.03. The van der Waals surface area contributed by atoms with Gasteiger partial charge in [-0.15, -0.1) is 0 Å². The summed E-state index contributed by atoms with van der Waals surface area (Å²) in [6.45, 7) is 3.43. The highest BCUT2D eigenvalue weighted by Gasteiger charge is 2.06. The van der Waals surface area contributed by atoms with Crippen molar-refractivity contribution < 1.29 is 9.90 Å². The van der Waals surface area contributed by atoms with Crippen LogP contribution in [0.5, 0.6) is 0 Å². The SMILES string of the molecule is C/C=C\C(Nc1ccccc1)=C(/C)C(=O)O. The molecule has 0 aromatic heterocycles. The zero-order chi connectivity index (χ0) is 12.0.